The van der Waals surface area contributed by atoms with E-state index in [-0.39, 0.29) is 17.3 Å². The molecule has 0 saturated heterocycles. The van der Waals surface area contributed by atoms with Gasteiger partial charge in [-0.05, 0) is 30.7 Å². The van der Waals surface area contributed by atoms with E-state index in [1.807, 2.05) is 30.3 Å². The number of ether oxygens (including phenoxy) is 2. The Balaban J connectivity index is 1.60. The van der Waals surface area contributed by atoms with Crippen molar-refractivity contribution in [1.29, 1.82) is 0 Å². The van der Waals surface area contributed by atoms with Crippen LogP contribution in [0, 0.1) is 11.6 Å². The molecule has 28 heavy (non-hydrogen) atoms. The molecule has 0 fully saturated rings. The number of carbonyl (C=O) groups excluding carboxylic acids is 1. The summed E-state index contributed by atoms with van der Waals surface area (Å²) in [4.78, 5) is 16.3. The van der Waals surface area contributed by atoms with Crippen LogP contribution in [0.15, 0.2) is 66.9 Å². The van der Waals surface area contributed by atoms with Gasteiger partial charge in [-0.1, -0.05) is 30.3 Å². The first-order valence-electron chi connectivity index (χ1n) is 8.56. The lowest BCUT2D eigenvalue weighted by Crippen LogP contribution is -2.28. The summed E-state index contributed by atoms with van der Waals surface area (Å²) in [6, 6.07) is 15.3. The maximum atomic E-state index is 13.7. The van der Waals surface area contributed by atoms with Crippen molar-refractivity contribution in [3.05, 3.63) is 84.1 Å². The van der Waals surface area contributed by atoms with E-state index >= 15 is 0 Å². The zero-order valence-electron chi connectivity index (χ0n) is 15.1. The van der Waals surface area contributed by atoms with Gasteiger partial charge in [0, 0.05) is 18.3 Å². The molecule has 0 aliphatic rings. The van der Waals surface area contributed by atoms with Crippen LogP contribution in [-0.4, -0.2) is 17.0 Å². The third-order valence-electron chi connectivity index (χ3n) is 3.82. The number of hydrogen-bond acceptors (Lipinski definition) is 4. The van der Waals surface area contributed by atoms with Crippen molar-refractivity contribution in [1.82, 2.24) is 4.98 Å². The fourth-order valence-electron chi connectivity index (χ4n) is 2.32. The Hall–Kier alpha value is -3.32. The zero-order chi connectivity index (χ0) is 19.9. The van der Waals surface area contributed by atoms with Gasteiger partial charge in [-0.3, -0.25) is 4.79 Å². The number of hydrogen-bond donors (Lipinski definition) is 1. The number of nitrogens with zero attached hydrogens (tertiary/aromatic N) is 1. The summed E-state index contributed by atoms with van der Waals surface area (Å²) >= 11 is 0. The van der Waals surface area contributed by atoms with Crippen molar-refractivity contribution in [3.8, 4) is 11.5 Å². The second-order valence-electron chi connectivity index (χ2n) is 5.98. The van der Waals surface area contributed by atoms with E-state index in [1.54, 1.807) is 6.92 Å². The van der Waals surface area contributed by atoms with Crippen LogP contribution in [-0.2, 0) is 16.1 Å². The molecule has 1 aromatic heterocycles. The number of aromatic nitrogens is 1. The van der Waals surface area contributed by atoms with Gasteiger partial charge >= 0.3 is 0 Å². The van der Waals surface area contributed by atoms with E-state index in [2.05, 4.69) is 10.3 Å². The van der Waals surface area contributed by atoms with E-state index in [0.29, 0.717) is 6.61 Å². The Morgan fingerprint density at radius 1 is 1.11 bits per heavy atom. The highest BCUT2D eigenvalue weighted by Gasteiger charge is 2.15. The number of carbonyl (C=O) groups is 1. The number of nitrogens with one attached hydrogen (secondary N) is 1. The first-order chi connectivity index (χ1) is 13.5. The molecule has 144 valence electrons. The summed E-state index contributed by atoms with van der Waals surface area (Å²) in [6.45, 7) is 1.92. The van der Waals surface area contributed by atoms with E-state index < -0.39 is 23.6 Å². The largest absolute Gasteiger partial charge is 0.454 e. The van der Waals surface area contributed by atoms with Crippen LogP contribution in [0.4, 0.5) is 14.6 Å². The topological polar surface area (TPSA) is 60.5 Å². The Bertz CT molecular complexity index is 951. The van der Waals surface area contributed by atoms with Crippen molar-refractivity contribution >= 4 is 11.7 Å². The van der Waals surface area contributed by atoms with Gasteiger partial charge < -0.3 is 14.8 Å². The minimum Gasteiger partial charge on any atom is -0.454 e. The van der Waals surface area contributed by atoms with Gasteiger partial charge in [-0.25, -0.2) is 13.8 Å². The number of pyridine rings is 1. The summed E-state index contributed by atoms with van der Waals surface area (Å²) in [5, 5.41) is 2.61. The zero-order valence-corrected chi connectivity index (χ0v) is 15.1. The van der Waals surface area contributed by atoms with Gasteiger partial charge in [0.15, 0.2) is 11.6 Å². The van der Waals surface area contributed by atoms with E-state index in [0.717, 1.165) is 23.8 Å². The van der Waals surface area contributed by atoms with E-state index in [1.165, 1.54) is 18.3 Å². The number of amides is 1. The normalized spacial score (nSPS) is 11.7. The fraction of sp³-hybridized carbons (Fsp3) is 0.143. The van der Waals surface area contributed by atoms with Gasteiger partial charge in [-0.15, -0.1) is 0 Å². The van der Waals surface area contributed by atoms with Crippen LogP contribution in [0.1, 0.15) is 12.5 Å². The van der Waals surface area contributed by atoms with Crippen molar-refractivity contribution in [2.75, 3.05) is 5.32 Å². The highest BCUT2D eigenvalue weighted by atomic mass is 19.1. The van der Waals surface area contributed by atoms with Crippen molar-refractivity contribution in [3.63, 3.8) is 0 Å². The van der Waals surface area contributed by atoms with Gasteiger partial charge in [0.05, 0.1) is 6.61 Å². The highest BCUT2D eigenvalue weighted by molar-refractivity contribution is 5.93. The van der Waals surface area contributed by atoms with Gasteiger partial charge in [0.25, 0.3) is 5.91 Å². The SMILES string of the molecule is CC(OCc1ccccc1)C(=O)Nc1cc(Oc2cc(F)ccc2F)ccn1. The second kappa shape index (κ2) is 9.05. The fourth-order valence-corrected chi connectivity index (χ4v) is 2.32. The Labute approximate surface area is 160 Å². The van der Waals surface area contributed by atoms with Gasteiger partial charge in [0.1, 0.15) is 23.5 Å². The van der Waals surface area contributed by atoms with E-state index in [9.17, 15) is 13.6 Å². The minimum absolute atomic E-state index is 0.202. The molecule has 0 aliphatic heterocycles. The van der Waals surface area contributed by atoms with Gasteiger partial charge in [-0.2, -0.15) is 0 Å². The molecule has 1 amide bonds. The van der Waals surface area contributed by atoms with Crippen LogP contribution in [0.3, 0.4) is 0 Å². The predicted molar refractivity (Wildman–Crippen MR) is 100.0 cm³/mol. The molecule has 7 heteroatoms. The molecule has 1 atom stereocenters. The first-order valence-corrected chi connectivity index (χ1v) is 8.56. The average molecular weight is 384 g/mol. The molecular formula is C21H18F2N2O3. The maximum Gasteiger partial charge on any atom is 0.254 e. The summed E-state index contributed by atoms with van der Waals surface area (Å²) < 4.78 is 37.9. The van der Waals surface area contributed by atoms with Crippen LogP contribution in [0.25, 0.3) is 0 Å². The molecule has 3 aromatic rings. The highest BCUT2D eigenvalue weighted by Crippen LogP contribution is 2.26. The number of anilines is 1. The van der Waals surface area contributed by atoms with Crippen LogP contribution < -0.4 is 10.1 Å². The van der Waals surface area contributed by atoms with Crippen LogP contribution >= 0.6 is 0 Å². The molecule has 0 aliphatic carbocycles. The summed E-state index contributed by atoms with van der Waals surface area (Å²) in [7, 11) is 0. The van der Waals surface area contributed by atoms with Crippen molar-refractivity contribution in [2.45, 2.75) is 19.6 Å². The third kappa shape index (κ3) is 5.34. The Morgan fingerprint density at radius 3 is 2.68 bits per heavy atom. The average Bonchev–Trinajstić information content (AvgIpc) is 2.70. The smallest absolute Gasteiger partial charge is 0.254 e. The second-order valence-corrected chi connectivity index (χ2v) is 5.98. The summed E-state index contributed by atoms with van der Waals surface area (Å²) in [5.41, 5.74) is 0.952. The number of rotatable bonds is 7. The molecule has 0 spiro atoms. The lowest BCUT2D eigenvalue weighted by Gasteiger charge is -2.14. The number of halogens is 2. The van der Waals surface area contributed by atoms with Crippen LogP contribution in [0.5, 0.6) is 11.5 Å². The van der Waals surface area contributed by atoms with Gasteiger partial charge in [0.2, 0.25) is 0 Å². The predicted octanol–water partition coefficient (Wildman–Crippen LogP) is 4.70. The minimum atomic E-state index is -0.716. The first kappa shape index (κ1) is 19.4. The molecular weight excluding hydrogens is 366 g/mol. The van der Waals surface area contributed by atoms with Crippen LogP contribution in [0.2, 0.25) is 0 Å². The Morgan fingerprint density at radius 2 is 1.89 bits per heavy atom. The van der Waals surface area contributed by atoms with E-state index in [4.69, 9.17) is 9.47 Å². The molecule has 1 N–H and O–H groups in total. The molecule has 5 nitrogen and oxygen atoms in total. The molecule has 2 aromatic carbocycles. The molecule has 3 rings (SSSR count). The number of benzene rings is 2. The van der Waals surface area contributed by atoms with Crippen molar-refractivity contribution < 1.29 is 23.0 Å². The monoisotopic (exact) mass is 384 g/mol. The standard InChI is InChI=1S/C21H18F2N2O3/c1-14(27-13-15-5-3-2-4-6-15)21(26)25-20-12-17(9-10-24-20)28-19-11-16(22)7-8-18(19)23/h2-12,14H,13H2,1H3,(H,24,25,26). The molecule has 0 saturated carbocycles. The molecule has 1 unspecified atom stereocenters. The Kier molecular flexibility index (Phi) is 6.29. The maximum absolute atomic E-state index is 13.7. The molecule has 0 radical (unpaired) electrons. The summed E-state index contributed by atoms with van der Waals surface area (Å²) in [5.74, 6) is -1.57. The molecule has 1 heterocycles. The lowest BCUT2D eigenvalue weighted by atomic mass is 10.2. The summed E-state index contributed by atoms with van der Waals surface area (Å²) in [6.07, 6.45) is 0.671. The van der Waals surface area contributed by atoms with Crippen molar-refractivity contribution in [2.24, 2.45) is 0 Å². The lowest BCUT2D eigenvalue weighted by molar-refractivity contribution is -0.127. The quantitative estimate of drug-likeness (QED) is 0.642. The molecule has 0 bridgehead atoms. The third-order valence-corrected chi connectivity index (χ3v) is 3.82.